The standard InChI is InChI=1S/C17H20N4O3/c1-13-19-8-4-16(20-13)24-14-5-9-21(10-6-14)17(22)12-23-15-3-2-7-18-11-15/h2-4,7-8,11,14H,5-6,9-10,12H2,1H3. The number of carbonyl (C=O) groups is 1. The molecule has 1 aliphatic heterocycles. The molecule has 3 heterocycles. The molecule has 2 aromatic heterocycles. The Morgan fingerprint density at radius 2 is 2.12 bits per heavy atom. The average Bonchev–Trinajstić information content (AvgIpc) is 2.61. The lowest BCUT2D eigenvalue weighted by Gasteiger charge is -2.31. The van der Waals surface area contributed by atoms with E-state index in [4.69, 9.17) is 9.47 Å². The summed E-state index contributed by atoms with van der Waals surface area (Å²) < 4.78 is 11.3. The predicted octanol–water partition coefficient (Wildman–Crippen LogP) is 1.63. The molecule has 1 fully saturated rings. The molecule has 0 radical (unpaired) electrons. The van der Waals surface area contributed by atoms with E-state index in [0.29, 0.717) is 30.5 Å². The minimum absolute atomic E-state index is 0.0183. The number of ether oxygens (including phenoxy) is 2. The summed E-state index contributed by atoms with van der Waals surface area (Å²) in [5.41, 5.74) is 0. The predicted molar refractivity (Wildman–Crippen MR) is 86.7 cm³/mol. The van der Waals surface area contributed by atoms with E-state index in [2.05, 4.69) is 15.0 Å². The minimum Gasteiger partial charge on any atom is -0.482 e. The number of aromatic nitrogens is 3. The van der Waals surface area contributed by atoms with Crippen LogP contribution in [0.4, 0.5) is 0 Å². The van der Waals surface area contributed by atoms with Crippen molar-refractivity contribution in [1.29, 1.82) is 0 Å². The first-order valence-corrected chi connectivity index (χ1v) is 7.97. The lowest BCUT2D eigenvalue weighted by molar-refractivity contribution is -0.135. The Bertz CT molecular complexity index is 673. The molecule has 0 aliphatic carbocycles. The van der Waals surface area contributed by atoms with Crippen LogP contribution in [0, 0.1) is 6.92 Å². The number of nitrogens with zero attached hydrogens (tertiary/aromatic N) is 4. The highest BCUT2D eigenvalue weighted by molar-refractivity contribution is 5.77. The Morgan fingerprint density at radius 1 is 1.29 bits per heavy atom. The van der Waals surface area contributed by atoms with E-state index in [-0.39, 0.29) is 18.6 Å². The summed E-state index contributed by atoms with van der Waals surface area (Å²) in [5, 5.41) is 0. The van der Waals surface area contributed by atoms with Crippen molar-refractivity contribution in [2.24, 2.45) is 0 Å². The molecule has 0 spiro atoms. The summed E-state index contributed by atoms with van der Waals surface area (Å²) in [6.45, 7) is 3.17. The minimum atomic E-state index is -0.0183. The summed E-state index contributed by atoms with van der Waals surface area (Å²) >= 11 is 0. The van der Waals surface area contributed by atoms with Crippen LogP contribution in [0.1, 0.15) is 18.7 Å². The molecule has 0 N–H and O–H groups in total. The number of carbonyl (C=O) groups excluding carboxylic acids is 1. The summed E-state index contributed by atoms with van der Waals surface area (Å²) in [5.74, 6) is 1.86. The number of hydrogen-bond acceptors (Lipinski definition) is 6. The molecule has 0 atom stereocenters. The highest BCUT2D eigenvalue weighted by Gasteiger charge is 2.24. The summed E-state index contributed by atoms with van der Waals surface area (Å²) in [6.07, 6.45) is 6.58. The number of aryl methyl sites for hydroxylation is 1. The average molecular weight is 328 g/mol. The van der Waals surface area contributed by atoms with Crippen molar-refractivity contribution >= 4 is 5.91 Å². The fourth-order valence-electron chi connectivity index (χ4n) is 2.56. The molecule has 7 heteroatoms. The van der Waals surface area contributed by atoms with Crippen molar-refractivity contribution in [1.82, 2.24) is 19.9 Å². The highest BCUT2D eigenvalue weighted by atomic mass is 16.5. The Kier molecular flexibility index (Phi) is 5.20. The van der Waals surface area contributed by atoms with Gasteiger partial charge in [-0.1, -0.05) is 0 Å². The first-order chi connectivity index (χ1) is 11.7. The SMILES string of the molecule is Cc1nccc(OC2CCN(C(=O)COc3cccnc3)CC2)n1. The molecule has 24 heavy (non-hydrogen) atoms. The Balaban J connectivity index is 1.43. The zero-order valence-corrected chi connectivity index (χ0v) is 13.6. The maximum Gasteiger partial charge on any atom is 0.260 e. The van der Waals surface area contributed by atoms with Crippen LogP contribution in [0.15, 0.2) is 36.8 Å². The van der Waals surface area contributed by atoms with Gasteiger partial charge in [0.05, 0.1) is 6.20 Å². The summed E-state index contributed by atoms with van der Waals surface area (Å²) in [7, 11) is 0. The number of piperidine rings is 1. The Hall–Kier alpha value is -2.70. The van der Waals surface area contributed by atoms with Gasteiger partial charge in [0.2, 0.25) is 5.88 Å². The molecule has 2 aromatic rings. The quantitative estimate of drug-likeness (QED) is 0.830. The second kappa shape index (κ2) is 7.72. The van der Waals surface area contributed by atoms with Gasteiger partial charge in [0.15, 0.2) is 6.61 Å². The van der Waals surface area contributed by atoms with Crippen molar-refractivity contribution in [2.75, 3.05) is 19.7 Å². The van der Waals surface area contributed by atoms with Crippen LogP contribution in [0.3, 0.4) is 0 Å². The van der Waals surface area contributed by atoms with Crippen molar-refractivity contribution in [2.45, 2.75) is 25.9 Å². The molecule has 1 aliphatic rings. The van der Waals surface area contributed by atoms with Gasteiger partial charge in [-0.2, -0.15) is 4.98 Å². The van der Waals surface area contributed by atoms with Gasteiger partial charge in [0, 0.05) is 44.4 Å². The smallest absolute Gasteiger partial charge is 0.260 e. The van der Waals surface area contributed by atoms with Crippen molar-refractivity contribution < 1.29 is 14.3 Å². The van der Waals surface area contributed by atoms with Gasteiger partial charge in [-0.3, -0.25) is 9.78 Å². The third-order valence-electron chi connectivity index (χ3n) is 3.83. The Morgan fingerprint density at radius 3 is 2.83 bits per heavy atom. The summed E-state index contributed by atoms with van der Waals surface area (Å²) in [6, 6.07) is 5.31. The zero-order valence-electron chi connectivity index (χ0n) is 13.6. The fraction of sp³-hybridized carbons (Fsp3) is 0.412. The van der Waals surface area contributed by atoms with Gasteiger partial charge in [-0.25, -0.2) is 4.98 Å². The first kappa shape index (κ1) is 16.2. The van der Waals surface area contributed by atoms with Crippen LogP contribution < -0.4 is 9.47 Å². The van der Waals surface area contributed by atoms with Crippen LogP contribution in [0.2, 0.25) is 0 Å². The first-order valence-electron chi connectivity index (χ1n) is 7.97. The van der Waals surface area contributed by atoms with Crippen LogP contribution in [0.5, 0.6) is 11.6 Å². The maximum absolute atomic E-state index is 12.2. The zero-order chi connectivity index (χ0) is 16.8. The topological polar surface area (TPSA) is 77.4 Å². The molecule has 126 valence electrons. The lowest BCUT2D eigenvalue weighted by atomic mass is 10.1. The fourth-order valence-corrected chi connectivity index (χ4v) is 2.56. The third kappa shape index (κ3) is 4.41. The molecular weight excluding hydrogens is 308 g/mol. The lowest BCUT2D eigenvalue weighted by Crippen LogP contribution is -2.43. The van der Waals surface area contributed by atoms with E-state index in [1.165, 1.54) is 0 Å². The van der Waals surface area contributed by atoms with Crippen molar-refractivity contribution in [3.8, 4) is 11.6 Å². The number of likely N-dealkylation sites (tertiary alicyclic amines) is 1. The van der Waals surface area contributed by atoms with Gasteiger partial charge in [-0.15, -0.1) is 0 Å². The molecule has 0 unspecified atom stereocenters. The normalized spacial score (nSPS) is 15.1. The van der Waals surface area contributed by atoms with E-state index >= 15 is 0 Å². The number of hydrogen-bond donors (Lipinski definition) is 0. The van der Waals surface area contributed by atoms with Gasteiger partial charge < -0.3 is 14.4 Å². The molecule has 0 saturated carbocycles. The second-order valence-corrected chi connectivity index (χ2v) is 5.62. The molecule has 0 bridgehead atoms. The molecule has 0 aromatic carbocycles. The number of amides is 1. The molecule has 3 rings (SSSR count). The van der Waals surface area contributed by atoms with E-state index in [1.807, 2.05) is 11.8 Å². The number of rotatable bonds is 5. The maximum atomic E-state index is 12.2. The van der Waals surface area contributed by atoms with Gasteiger partial charge in [0.1, 0.15) is 17.7 Å². The second-order valence-electron chi connectivity index (χ2n) is 5.62. The van der Waals surface area contributed by atoms with Gasteiger partial charge in [0.25, 0.3) is 5.91 Å². The highest BCUT2D eigenvalue weighted by Crippen LogP contribution is 2.17. The van der Waals surface area contributed by atoms with Gasteiger partial charge >= 0.3 is 0 Å². The van der Waals surface area contributed by atoms with Crippen LogP contribution in [-0.2, 0) is 4.79 Å². The van der Waals surface area contributed by atoms with Crippen LogP contribution >= 0.6 is 0 Å². The monoisotopic (exact) mass is 328 g/mol. The van der Waals surface area contributed by atoms with Crippen molar-refractivity contribution in [3.63, 3.8) is 0 Å². The molecule has 1 saturated heterocycles. The summed E-state index contributed by atoms with van der Waals surface area (Å²) in [4.78, 5) is 26.3. The van der Waals surface area contributed by atoms with Gasteiger partial charge in [-0.05, 0) is 19.1 Å². The van der Waals surface area contributed by atoms with E-state index < -0.39 is 0 Å². The van der Waals surface area contributed by atoms with Crippen LogP contribution in [0.25, 0.3) is 0 Å². The van der Waals surface area contributed by atoms with Crippen molar-refractivity contribution in [3.05, 3.63) is 42.6 Å². The largest absolute Gasteiger partial charge is 0.482 e. The molecular formula is C17H20N4O3. The third-order valence-corrected chi connectivity index (χ3v) is 3.83. The van der Waals surface area contributed by atoms with E-state index in [0.717, 1.165) is 12.8 Å². The van der Waals surface area contributed by atoms with Crippen LogP contribution in [-0.4, -0.2) is 51.6 Å². The van der Waals surface area contributed by atoms with E-state index in [1.54, 1.807) is 36.8 Å². The Labute approximate surface area is 140 Å². The van der Waals surface area contributed by atoms with E-state index in [9.17, 15) is 4.79 Å². The number of pyridine rings is 1. The molecule has 1 amide bonds. The molecule has 7 nitrogen and oxygen atoms in total.